The third-order valence-electron chi connectivity index (χ3n) is 3.45. The average Bonchev–Trinajstić information content (AvgIpc) is 2.62. The molecule has 25 heavy (non-hydrogen) atoms. The molecular formula is C19H19BrO4S. The van der Waals surface area contributed by atoms with Crippen molar-refractivity contribution in [1.82, 2.24) is 0 Å². The summed E-state index contributed by atoms with van der Waals surface area (Å²) in [6.07, 6.45) is 0.102. The first-order valence-electron chi connectivity index (χ1n) is 7.78. The first-order chi connectivity index (χ1) is 12.0. The minimum Gasteiger partial charge on any atom is -0.469 e. The summed E-state index contributed by atoms with van der Waals surface area (Å²) < 4.78 is 10.9. The number of hydrogen-bond donors (Lipinski definition) is 0. The number of hydrogen-bond acceptors (Lipinski definition) is 5. The lowest BCUT2D eigenvalue weighted by Crippen LogP contribution is -2.16. The predicted molar refractivity (Wildman–Crippen MR) is 102 cm³/mol. The van der Waals surface area contributed by atoms with E-state index in [2.05, 4.69) is 15.9 Å². The summed E-state index contributed by atoms with van der Waals surface area (Å²) in [5.41, 5.74) is 1.49. The highest BCUT2D eigenvalue weighted by Crippen LogP contribution is 2.39. The molecule has 4 nitrogen and oxygen atoms in total. The molecule has 2 aromatic carbocycles. The van der Waals surface area contributed by atoms with Gasteiger partial charge in [-0.2, -0.15) is 0 Å². The molecule has 0 aliphatic heterocycles. The summed E-state index contributed by atoms with van der Waals surface area (Å²) in [5, 5.41) is -0.570. The molecule has 0 saturated carbocycles. The number of benzene rings is 2. The Kier molecular flexibility index (Phi) is 7.52. The highest BCUT2D eigenvalue weighted by atomic mass is 79.9. The number of methoxy groups -OCH3 is 1. The van der Waals surface area contributed by atoms with Crippen molar-refractivity contribution >= 4 is 39.6 Å². The third-order valence-corrected chi connectivity index (χ3v) is 5.17. The Morgan fingerprint density at radius 2 is 1.88 bits per heavy atom. The van der Waals surface area contributed by atoms with Crippen molar-refractivity contribution in [2.75, 3.05) is 13.7 Å². The molecular weight excluding hydrogens is 404 g/mol. The van der Waals surface area contributed by atoms with Gasteiger partial charge in [-0.05, 0) is 42.3 Å². The number of esters is 2. The second-order valence-electron chi connectivity index (χ2n) is 5.16. The van der Waals surface area contributed by atoms with Gasteiger partial charge in [0.25, 0.3) is 0 Å². The molecule has 0 radical (unpaired) electrons. The lowest BCUT2D eigenvalue weighted by atomic mass is 10.0. The standard InChI is InChI=1S/C19H19BrO4S/c1-3-24-19(22)18(25-15-7-5-4-6-8-15)16-12-14(20)10-9-13(16)11-17(21)23-2/h4-10,12,18H,3,11H2,1-2H3. The minimum absolute atomic E-state index is 0.102. The molecule has 0 aromatic heterocycles. The van der Waals surface area contributed by atoms with Gasteiger partial charge in [-0.3, -0.25) is 9.59 Å². The van der Waals surface area contributed by atoms with Gasteiger partial charge in [-0.25, -0.2) is 0 Å². The summed E-state index contributed by atoms with van der Waals surface area (Å²) in [6.45, 7) is 2.07. The van der Waals surface area contributed by atoms with Gasteiger partial charge in [-0.1, -0.05) is 40.2 Å². The highest BCUT2D eigenvalue weighted by Gasteiger charge is 2.27. The molecule has 0 fully saturated rings. The predicted octanol–water partition coefficient (Wildman–Crippen LogP) is 4.56. The maximum atomic E-state index is 12.6. The molecule has 6 heteroatoms. The zero-order chi connectivity index (χ0) is 18.2. The molecule has 0 aliphatic carbocycles. The van der Waals surface area contributed by atoms with E-state index >= 15 is 0 Å². The fraction of sp³-hybridized carbons (Fsp3) is 0.263. The largest absolute Gasteiger partial charge is 0.469 e. The van der Waals surface area contributed by atoms with Crippen LogP contribution in [0.1, 0.15) is 23.3 Å². The number of rotatable bonds is 7. The molecule has 0 bridgehead atoms. The normalized spacial score (nSPS) is 11.6. The SMILES string of the molecule is CCOC(=O)C(Sc1ccccc1)c1cc(Br)ccc1CC(=O)OC. The summed E-state index contributed by atoms with van der Waals surface area (Å²) in [7, 11) is 1.35. The van der Waals surface area contributed by atoms with E-state index in [1.165, 1.54) is 18.9 Å². The number of thioether (sulfide) groups is 1. The molecule has 2 aromatic rings. The van der Waals surface area contributed by atoms with Crippen LogP contribution in [0.3, 0.4) is 0 Å². The summed E-state index contributed by atoms with van der Waals surface area (Å²) in [4.78, 5) is 25.3. The maximum absolute atomic E-state index is 12.6. The maximum Gasteiger partial charge on any atom is 0.323 e. The minimum atomic E-state index is -0.570. The molecule has 2 rings (SSSR count). The van der Waals surface area contributed by atoms with Gasteiger partial charge < -0.3 is 9.47 Å². The molecule has 1 unspecified atom stereocenters. The van der Waals surface area contributed by atoms with Crippen LogP contribution in [0.5, 0.6) is 0 Å². The van der Waals surface area contributed by atoms with Crippen LogP contribution in [0.15, 0.2) is 57.9 Å². The first kappa shape index (κ1) is 19.5. The van der Waals surface area contributed by atoms with E-state index in [9.17, 15) is 9.59 Å². The van der Waals surface area contributed by atoms with Crippen molar-refractivity contribution in [3.05, 3.63) is 64.1 Å². The van der Waals surface area contributed by atoms with Crippen LogP contribution in [0.25, 0.3) is 0 Å². The molecule has 0 saturated heterocycles. The molecule has 0 aliphatic rings. The second kappa shape index (κ2) is 9.63. The van der Waals surface area contributed by atoms with Crippen LogP contribution in [-0.2, 0) is 25.5 Å². The fourth-order valence-electron chi connectivity index (χ4n) is 2.29. The van der Waals surface area contributed by atoms with Gasteiger partial charge in [0, 0.05) is 9.37 Å². The lowest BCUT2D eigenvalue weighted by Gasteiger charge is -2.19. The smallest absolute Gasteiger partial charge is 0.323 e. The van der Waals surface area contributed by atoms with E-state index in [0.29, 0.717) is 6.61 Å². The van der Waals surface area contributed by atoms with Crippen LogP contribution in [0.4, 0.5) is 0 Å². The number of carbonyl (C=O) groups excluding carboxylic acids is 2. The molecule has 0 heterocycles. The van der Waals surface area contributed by atoms with Gasteiger partial charge in [0.05, 0.1) is 20.1 Å². The van der Waals surface area contributed by atoms with Crippen molar-refractivity contribution in [3.63, 3.8) is 0 Å². The summed E-state index contributed by atoms with van der Waals surface area (Å²) in [6, 6.07) is 15.2. The van der Waals surface area contributed by atoms with Gasteiger partial charge >= 0.3 is 11.9 Å². The van der Waals surface area contributed by atoms with E-state index in [0.717, 1.165) is 20.5 Å². The van der Waals surface area contributed by atoms with Gasteiger partial charge in [0.2, 0.25) is 0 Å². The molecule has 132 valence electrons. The van der Waals surface area contributed by atoms with E-state index in [1.807, 2.05) is 48.5 Å². The molecule has 0 amide bonds. The van der Waals surface area contributed by atoms with Crippen molar-refractivity contribution in [3.8, 4) is 0 Å². The van der Waals surface area contributed by atoms with Crippen LogP contribution < -0.4 is 0 Å². The van der Waals surface area contributed by atoms with Crippen molar-refractivity contribution in [2.24, 2.45) is 0 Å². The Hall–Kier alpha value is -1.79. The lowest BCUT2D eigenvalue weighted by molar-refractivity contribution is -0.143. The second-order valence-corrected chi connectivity index (χ2v) is 7.25. The Morgan fingerprint density at radius 3 is 2.52 bits per heavy atom. The first-order valence-corrected chi connectivity index (χ1v) is 9.46. The molecule has 0 N–H and O–H groups in total. The van der Waals surface area contributed by atoms with E-state index in [1.54, 1.807) is 6.92 Å². The van der Waals surface area contributed by atoms with Crippen LogP contribution in [-0.4, -0.2) is 25.7 Å². The van der Waals surface area contributed by atoms with Crippen molar-refractivity contribution < 1.29 is 19.1 Å². The topological polar surface area (TPSA) is 52.6 Å². The highest BCUT2D eigenvalue weighted by molar-refractivity contribution is 9.10. The van der Waals surface area contributed by atoms with Crippen LogP contribution >= 0.6 is 27.7 Å². The van der Waals surface area contributed by atoms with E-state index in [-0.39, 0.29) is 18.4 Å². The fourth-order valence-corrected chi connectivity index (χ4v) is 3.77. The summed E-state index contributed by atoms with van der Waals surface area (Å²) in [5.74, 6) is -0.684. The van der Waals surface area contributed by atoms with Gasteiger partial charge in [-0.15, -0.1) is 11.8 Å². The zero-order valence-corrected chi connectivity index (χ0v) is 16.4. The summed E-state index contributed by atoms with van der Waals surface area (Å²) >= 11 is 4.84. The number of carbonyl (C=O) groups is 2. The Balaban J connectivity index is 2.43. The van der Waals surface area contributed by atoms with Gasteiger partial charge in [0.1, 0.15) is 5.25 Å². The van der Waals surface area contributed by atoms with Gasteiger partial charge in [0.15, 0.2) is 0 Å². The van der Waals surface area contributed by atoms with Crippen molar-refractivity contribution in [2.45, 2.75) is 23.5 Å². The quantitative estimate of drug-likeness (QED) is 0.483. The number of ether oxygens (including phenoxy) is 2. The Morgan fingerprint density at radius 1 is 1.16 bits per heavy atom. The Bertz CT molecular complexity index is 733. The average molecular weight is 423 g/mol. The molecule has 0 spiro atoms. The van der Waals surface area contributed by atoms with E-state index in [4.69, 9.17) is 9.47 Å². The third kappa shape index (κ3) is 5.61. The Labute approximate surface area is 160 Å². The van der Waals surface area contributed by atoms with Crippen molar-refractivity contribution in [1.29, 1.82) is 0 Å². The van der Waals surface area contributed by atoms with Crippen LogP contribution in [0.2, 0.25) is 0 Å². The number of halogens is 1. The molecule has 1 atom stereocenters. The van der Waals surface area contributed by atoms with E-state index < -0.39 is 5.25 Å². The van der Waals surface area contributed by atoms with Crippen LogP contribution in [0, 0.1) is 0 Å². The monoisotopic (exact) mass is 422 g/mol. The zero-order valence-electron chi connectivity index (χ0n) is 14.0.